The maximum atomic E-state index is 3.78. The summed E-state index contributed by atoms with van der Waals surface area (Å²) < 4.78 is 0. The Morgan fingerprint density at radius 3 is 0.821 bits per heavy atom. The van der Waals surface area contributed by atoms with Crippen molar-refractivity contribution >= 4 is 0 Å². The van der Waals surface area contributed by atoms with Crippen LogP contribution in [0.1, 0.15) is 149 Å². The third kappa shape index (κ3) is 94.1. The standard InChI is InChI=1S/C5H11N.C5H7N.C5H5N.C4H9N.8C2H6/c3*1-2-4-6-5-3-1;1-2-4-5-3-1;8*1-2/h6H,1-5H2;2-6H,1H2;1-5H;5H,1-4H2;8*1-2H3. The van der Waals surface area contributed by atoms with Gasteiger partial charge in [-0.1, -0.05) is 135 Å². The molecule has 3 aliphatic heterocycles. The Labute approximate surface area is 251 Å². The number of hydrogen-bond acceptors (Lipinski definition) is 4. The molecule has 240 valence electrons. The van der Waals surface area contributed by atoms with Crippen molar-refractivity contribution in [1.29, 1.82) is 0 Å². The maximum Gasteiger partial charge on any atom is 0.0267 e. The Balaban J connectivity index is -0.0000000470. The van der Waals surface area contributed by atoms with E-state index in [1.54, 1.807) is 12.4 Å². The van der Waals surface area contributed by atoms with Crippen LogP contribution < -0.4 is 16.0 Å². The summed E-state index contributed by atoms with van der Waals surface area (Å²) in [5.74, 6) is 0. The summed E-state index contributed by atoms with van der Waals surface area (Å²) in [5.41, 5.74) is 0. The Kier molecular flexibility index (Phi) is 146. The van der Waals surface area contributed by atoms with Gasteiger partial charge >= 0.3 is 0 Å². The number of hydrogen-bond donors (Lipinski definition) is 3. The second kappa shape index (κ2) is 99.7. The van der Waals surface area contributed by atoms with Gasteiger partial charge in [-0.15, -0.1) is 0 Å². The van der Waals surface area contributed by atoms with Crippen molar-refractivity contribution in [2.45, 2.75) is 149 Å². The van der Waals surface area contributed by atoms with Crippen LogP contribution >= 0.6 is 0 Å². The topological polar surface area (TPSA) is 49.0 Å². The molecule has 0 radical (unpaired) electrons. The predicted octanol–water partition coefficient (Wildman–Crippen LogP) is 11.4. The fourth-order valence-corrected chi connectivity index (χ4v) is 2.15. The number of dihydropyridines is 1. The van der Waals surface area contributed by atoms with Gasteiger partial charge in [-0.25, -0.2) is 0 Å². The summed E-state index contributed by atoms with van der Waals surface area (Å²) in [6.45, 7) is 37.0. The molecule has 1 aromatic heterocycles. The van der Waals surface area contributed by atoms with Crippen molar-refractivity contribution in [3.05, 3.63) is 55.1 Å². The minimum Gasteiger partial charge on any atom is -0.368 e. The van der Waals surface area contributed by atoms with E-state index in [0.717, 1.165) is 6.42 Å². The lowest BCUT2D eigenvalue weighted by Crippen LogP contribution is -2.21. The lowest BCUT2D eigenvalue weighted by Gasteiger charge is -2.08. The summed E-state index contributed by atoms with van der Waals surface area (Å²) in [5, 5.41) is 9.43. The number of pyridine rings is 1. The monoisotopic (exact) mass is 557 g/mol. The second-order valence-corrected chi connectivity index (χ2v) is 5.50. The highest BCUT2D eigenvalue weighted by molar-refractivity contribution is 4.98. The van der Waals surface area contributed by atoms with Gasteiger partial charge in [-0.3, -0.25) is 4.98 Å². The van der Waals surface area contributed by atoms with E-state index >= 15 is 0 Å². The zero-order chi connectivity index (χ0) is 32.3. The molecular weight excluding hydrogens is 476 g/mol. The fraction of sp³-hybridized carbons (Fsp3) is 0.743. The Morgan fingerprint density at radius 1 is 0.410 bits per heavy atom. The number of aromatic nitrogens is 1. The molecule has 4 nitrogen and oxygen atoms in total. The summed E-state index contributed by atoms with van der Waals surface area (Å²) >= 11 is 0. The molecule has 4 heterocycles. The molecule has 1 aromatic rings. The normalized spacial score (nSPS) is 11.9. The summed E-state index contributed by atoms with van der Waals surface area (Å²) in [6.07, 6.45) is 19.6. The Morgan fingerprint density at radius 2 is 0.718 bits per heavy atom. The third-order valence-corrected chi connectivity index (χ3v) is 3.43. The molecule has 0 spiro atoms. The minimum absolute atomic E-state index is 1.08. The Hall–Kier alpha value is -1.65. The van der Waals surface area contributed by atoms with Crippen molar-refractivity contribution in [3.8, 4) is 0 Å². The van der Waals surface area contributed by atoms with Gasteiger partial charge in [-0.05, 0) is 82.8 Å². The first-order valence-corrected chi connectivity index (χ1v) is 16.8. The maximum absolute atomic E-state index is 3.78. The lowest BCUT2D eigenvalue weighted by molar-refractivity contribution is 0.520. The van der Waals surface area contributed by atoms with Crippen molar-refractivity contribution < 1.29 is 0 Å². The van der Waals surface area contributed by atoms with E-state index in [0.29, 0.717) is 0 Å². The highest BCUT2D eigenvalue weighted by Crippen LogP contribution is 1.96. The van der Waals surface area contributed by atoms with Crippen molar-refractivity contribution in [2.75, 3.05) is 26.2 Å². The molecule has 3 N–H and O–H groups in total. The van der Waals surface area contributed by atoms with Crippen molar-refractivity contribution in [3.63, 3.8) is 0 Å². The van der Waals surface area contributed by atoms with Gasteiger partial charge in [0.05, 0.1) is 0 Å². The van der Waals surface area contributed by atoms with Gasteiger partial charge in [0.25, 0.3) is 0 Å². The van der Waals surface area contributed by atoms with E-state index in [2.05, 4.69) is 33.1 Å². The van der Waals surface area contributed by atoms with Crippen LogP contribution in [0, 0.1) is 0 Å². The zero-order valence-corrected chi connectivity index (χ0v) is 30.2. The lowest BCUT2D eigenvalue weighted by atomic mass is 10.2. The summed E-state index contributed by atoms with van der Waals surface area (Å²) in [4.78, 5) is 3.78. The van der Waals surface area contributed by atoms with Gasteiger partial charge < -0.3 is 16.0 Å². The number of allylic oxidation sites excluding steroid dienone is 2. The number of nitrogens with one attached hydrogen (secondary N) is 3. The molecule has 2 fully saturated rings. The van der Waals surface area contributed by atoms with Crippen LogP contribution in [0.25, 0.3) is 0 Å². The van der Waals surface area contributed by atoms with Gasteiger partial charge in [-0.2, -0.15) is 0 Å². The van der Waals surface area contributed by atoms with E-state index in [-0.39, 0.29) is 0 Å². The van der Waals surface area contributed by atoms with E-state index < -0.39 is 0 Å². The van der Waals surface area contributed by atoms with E-state index in [4.69, 9.17) is 0 Å². The van der Waals surface area contributed by atoms with E-state index in [1.165, 1.54) is 58.3 Å². The van der Waals surface area contributed by atoms with Crippen molar-refractivity contribution in [2.24, 2.45) is 0 Å². The first-order valence-electron chi connectivity index (χ1n) is 16.8. The van der Waals surface area contributed by atoms with Gasteiger partial charge in [0, 0.05) is 12.4 Å². The molecule has 0 saturated carbocycles. The molecule has 4 heteroatoms. The fourth-order valence-electron chi connectivity index (χ4n) is 2.15. The molecule has 4 rings (SSSR count). The highest BCUT2D eigenvalue weighted by atomic mass is 14.9. The first-order chi connectivity index (χ1) is 19.5. The number of rotatable bonds is 0. The van der Waals surface area contributed by atoms with E-state index in [1.807, 2.05) is 141 Å². The van der Waals surface area contributed by atoms with E-state index in [9.17, 15) is 0 Å². The van der Waals surface area contributed by atoms with Crippen LogP contribution in [-0.4, -0.2) is 31.2 Å². The smallest absolute Gasteiger partial charge is 0.0267 e. The molecule has 0 aromatic carbocycles. The van der Waals surface area contributed by atoms with Crippen LogP contribution in [0.3, 0.4) is 0 Å². The molecule has 0 atom stereocenters. The SMILES string of the molecule is C1=CNC=CC1.C1CCNC1.C1CCNCC1.CC.CC.CC.CC.CC.CC.CC.CC.c1ccncc1. The van der Waals surface area contributed by atoms with Crippen LogP contribution in [0.15, 0.2) is 55.1 Å². The average Bonchev–Trinajstić information content (AvgIpc) is 3.72. The molecule has 0 bridgehead atoms. The molecule has 0 aliphatic carbocycles. The third-order valence-electron chi connectivity index (χ3n) is 3.43. The number of nitrogens with zero attached hydrogens (tertiary/aromatic N) is 1. The quantitative estimate of drug-likeness (QED) is 0.297. The second-order valence-electron chi connectivity index (χ2n) is 5.50. The largest absolute Gasteiger partial charge is 0.368 e. The molecule has 0 amide bonds. The Bertz CT molecular complexity index is 319. The molecule has 39 heavy (non-hydrogen) atoms. The molecular formula is C35H80N4. The zero-order valence-electron chi connectivity index (χ0n) is 30.2. The average molecular weight is 557 g/mol. The summed E-state index contributed by atoms with van der Waals surface area (Å²) in [6, 6.07) is 5.72. The van der Waals surface area contributed by atoms with Crippen molar-refractivity contribution in [1.82, 2.24) is 20.9 Å². The minimum atomic E-state index is 1.08. The number of piperidine rings is 1. The molecule has 2 saturated heterocycles. The summed E-state index contributed by atoms with van der Waals surface area (Å²) in [7, 11) is 0. The van der Waals surface area contributed by atoms with Gasteiger partial charge in [0.1, 0.15) is 0 Å². The first kappa shape index (κ1) is 57.3. The highest BCUT2D eigenvalue weighted by Gasteiger charge is 1.94. The molecule has 3 aliphatic rings. The van der Waals surface area contributed by atoms with Crippen LogP contribution in [0.5, 0.6) is 0 Å². The van der Waals surface area contributed by atoms with Gasteiger partial charge in [0.2, 0.25) is 0 Å². The van der Waals surface area contributed by atoms with Crippen LogP contribution in [0.2, 0.25) is 0 Å². The van der Waals surface area contributed by atoms with Gasteiger partial charge in [0.15, 0.2) is 0 Å². The van der Waals surface area contributed by atoms with Crippen LogP contribution in [0.4, 0.5) is 0 Å². The predicted molar refractivity (Wildman–Crippen MR) is 190 cm³/mol. The van der Waals surface area contributed by atoms with Crippen LogP contribution in [-0.2, 0) is 0 Å². The molecule has 0 unspecified atom stereocenters.